The van der Waals surface area contributed by atoms with Crippen molar-refractivity contribution < 1.29 is 19.0 Å². The highest BCUT2D eigenvalue weighted by atomic mass is 79.9. The molecule has 0 radical (unpaired) electrons. The quantitative estimate of drug-likeness (QED) is 0.838. The molecule has 0 spiro atoms. The molecule has 6 heteroatoms. The summed E-state index contributed by atoms with van der Waals surface area (Å²) in [5.41, 5.74) is -0.856. The van der Waals surface area contributed by atoms with Crippen LogP contribution in [-0.2, 0) is 4.74 Å². The van der Waals surface area contributed by atoms with E-state index >= 15 is 0 Å². The topological polar surface area (TPSA) is 58.6 Å². The average molecular weight is 334 g/mol. The third-order valence-corrected chi connectivity index (χ3v) is 3.06. The molecule has 0 fully saturated rings. The van der Waals surface area contributed by atoms with Crippen molar-refractivity contribution in [2.75, 3.05) is 20.3 Å². The lowest BCUT2D eigenvalue weighted by Gasteiger charge is -2.23. The van der Waals surface area contributed by atoms with E-state index in [1.54, 1.807) is 14.0 Å². The number of halogens is 2. The van der Waals surface area contributed by atoms with Gasteiger partial charge in [0.2, 0.25) is 0 Å². The van der Waals surface area contributed by atoms with Gasteiger partial charge in [-0.15, -0.1) is 0 Å². The fourth-order valence-corrected chi connectivity index (χ4v) is 1.93. The third-order valence-electron chi connectivity index (χ3n) is 2.60. The van der Waals surface area contributed by atoms with Crippen LogP contribution in [0.2, 0.25) is 0 Å². The van der Waals surface area contributed by atoms with E-state index in [0.29, 0.717) is 17.5 Å². The van der Waals surface area contributed by atoms with Crippen LogP contribution in [-0.4, -0.2) is 36.9 Å². The fourth-order valence-electron chi connectivity index (χ4n) is 1.47. The first-order chi connectivity index (χ1) is 8.84. The molecule has 0 aliphatic rings. The molecule has 4 nitrogen and oxygen atoms in total. The van der Waals surface area contributed by atoms with Crippen molar-refractivity contribution in [2.24, 2.45) is 0 Å². The lowest BCUT2D eigenvalue weighted by Crippen LogP contribution is -2.41. The summed E-state index contributed by atoms with van der Waals surface area (Å²) >= 11 is 3.12. The largest absolute Gasteiger partial charge is 0.388 e. The summed E-state index contributed by atoms with van der Waals surface area (Å²) < 4.78 is 18.5. The Morgan fingerprint density at radius 1 is 1.53 bits per heavy atom. The summed E-state index contributed by atoms with van der Waals surface area (Å²) in [6.45, 7) is 2.07. The van der Waals surface area contributed by atoms with Crippen molar-refractivity contribution in [3.8, 4) is 0 Å². The third kappa shape index (κ3) is 5.67. The maximum atomic E-state index is 13.2. The van der Waals surface area contributed by atoms with Gasteiger partial charge in [-0.3, -0.25) is 4.79 Å². The Labute approximate surface area is 120 Å². The fraction of sp³-hybridized carbons (Fsp3) is 0.462. The molecule has 1 rings (SSSR count). The summed E-state index contributed by atoms with van der Waals surface area (Å²) in [6, 6.07) is 3.93. The van der Waals surface area contributed by atoms with Gasteiger partial charge in [-0.05, 0) is 25.1 Å². The molecule has 0 bridgehead atoms. The molecule has 0 aliphatic heterocycles. The molecule has 2 N–H and O–H groups in total. The van der Waals surface area contributed by atoms with Gasteiger partial charge >= 0.3 is 0 Å². The van der Waals surface area contributed by atoms with Crippen molar-refractivity contribution in [1.82, 2.24) is 5.32 Å². The van der Waals surface area contributed by atoms with Gasteiger partial charge in [0, 0.05) is 36.7 Å². The van der Waals surface area contributed by atoms with Crippen LogP contribution in [0.4, 0.5) is 4.39 Å². The van der Waals surface area contributed by atoms with Crippen LogP contribution in [0.15, 0.2) is 22.7 Å². The van der Waals surface area contributed by atoms with E-state index in [1.807, 2.05) is 0 Å². The second-order valence-corrected chi connectivity index (χ2v) is 5.50. The van der Waals surface area contributed by atoms with Crippen molar-refractivity contribution in [2.45, 2.75) is 18.9 Å². The molecule has 1 atom stereocenters. The maximum Gasteiger partial charge on any atom is 0.251 e. The zero-order chi connectivity index (χ0) is 14.5. The number of benzene rings is 1. The molecule has 0 saturated heterocycles. The number of methoxy groups -OCH3 is 1. The highest BCUT2D eigenvalue weighted by Crippen LogP contribution is 2.15. The van der Waals surface area contributed by atoms with Gasteiger partial charge in [0.05, 0.1) is 5.60 Å². The SMILES string of the molecule is COCCC(C)(O)CNC(=O)c1cc(F)cc(Br)c1. The van der Waals surface area contributed by atoms with E-state index in [9.17, 15) is 14.3 Å². The Morgan fingerprint density at radius 3 is 2.79 bits per heavy atom. The first kappa shape index (κ1) is 16.1. The van der Waals surface area contributed by atoms with Crippen LogP contribution >= 0.6 is 15.9 Å². The smallest absolute Gasteiger partial charge is 0.251 e. The molecule has 1 unspecified atom stereocenters. The molecule has 106 valence electrons. The van der Waals surface area contributed by atoms with Crippen LogP contribution in [0.5, 0.6) is 0 Å². The van der Waals surface area contributed by atoms with E-state index in [2.05, 4.69) is 21.2 Å². The van der Waals surface area contributed by atoms with Crippen molar-refractivity contribution in [3.63, 3.8) is 0 Å². The number of hydrogen-bond donors (Lipinski definition) is 2. The molecule has 0 heterocycles. The van der Waals surface area contributed by atoms with Crippen molar-refractivity contribution >= 4 is 21.8 Å². The molecular weight excluding hydrogens is 317 g/mol. The lowest BCUT2D eigenvalue weighted by atomic mass is 10.0. The highest BCUT2D eigenvalue weighted by Gasteiger charge is 2.21. The van der Waals surface area contributed by atoms with E-state index in [-0.39, 0.29) is 12.1 Å². The van der Waals surface area contributed by atoms with E-state index in [1.165, 1.54) is 12.1 Å². The van der Waals surface area contributed by atoms with E-state index < -0.39 is 17.3 Å². The van der Waals surface area contributed by atoms with Crippen LogP contribution < -0.4 is 5.32 Å². The molecule has 0 aliphatic carbocycles. The number of nitrogens with one attached hydrogen (secondary N) is 1. The zero-order valence-electron chi connectivity index (χ0n) is 10.9. The van der Waals surface area contributed by atoms with E-state index in [4.69, 9.17) is 4.74 Å². The Bertz CT molecular complexity index is 431. The van der Waals surface area contributed by atoms with Gasteiger partial charge in [0.15, 0.2) is 0 Å². The average Bonchev–Trinajstić information content (AvgIpc) is 2.32. The van der Waals surface area contributed by atoms with Crippen LogP contribution in [0.25, 0.3) is 0 Å². The predicted octanol–water partition coefficient (Wildman–Crippen LogP) is 2.11. The minimum atomic E-state index is -1.06. The van der Waals surface area contributed by atoms with Crippen LogP contribution in [0.1, 0.15) is 23.7 Å². The number of amides is 1. The Morgan fingerprint density at radius 2 is 2.21 bits per heavy atom. The van der Waals surface area contributed by atoms with Crippen LogP contribution in [0.3, 0.4) is 0 Å². The summed E-state index contributed by atoms with van der Waals surface area (Å²) in [6.07, 6.45) is 0.399. The lowest BCUT2D eigenvalue weighted by molar-refractivity contribution is 0.0243. The van der Waals surface area contributed by atoms with Gasteiger partial charge in [-0.2, -0.15) is 0 Å². The van der Waals surface area contributed by atoms with Gasteiger partial charge in [-0.25, -0.2) is 4.39 Å². The first-order valence-electron chi connectivity index (χ1n) is 5.80. The van der Waals surface area contributed by atoms with Crippen molar-refractivity contribution in [3.05, 3.63) is 34.1 Å². The minimum absolute atomic E-state index is 0.0727. The second kappa shape index (κ2) is 6.98. The molecule has 1 amide bonds. The minimum Gasteiger partial charge on any atom is -0.388 e. The van der Waals surface area contributed by atoms with Crippen LogP contribution in [0, 0.1) is 5.82 Å². The first-order valence-corrected chi connectivity index (χ1v) is 6.59. The number of aliphatic hydroxyl groups is 1. The molecule has 19 heavy (non-hydrogen) atoms. The molecule has 1 aromatic carbocycles. The van der Waals surface area contributed by atoms with E-state index in [0.717, 1.165) is 6.07 Å². The summed E-state index contributed by atoms with van der Waals surface area (Å²) in [5.74, 6) is -0.927. The molecular formula is C13H17BrFNO3. The molecule has 1 aromatic rings. The maximum absolute atomic E-state index is 13.2. The number of carbonyl (C=O) groups excluding carboxylic acids is 1. The normalized spacial score (nSPS) is 13.9. The van der Waals surface area contributed by atoms with Gasteiger partial charge in [-0.1, -0.05) is 15.9 Å². The standard InChI is InChI=1S/C13H17BrFNO3/c1-13(18,3-4-19-2)8-16-12(17)9-5-10(14)7-11(15)6-9/h5-7,18H,3-4,8H2,1-2H3,(H,16,17). The Balaban J connectivity index is 2.60. The second-order valence-electron chi connectivity index (χ2n) is 4.58. The number of ether oxygens (including phenoxy) is 1. The number of rotatable bonds is 6. The summed E-state index contributed by atoms with van der Waals surface area (Å²) in [4.78, 5) is 11.8. The number of hydrogen-bond acceptors (Lipinski definition) is 3. The number of carbonyl (C=O) groups is 1. The molecule has 0 aromatic heterocycles. The summed E-state index contributed by atoms with van der Waals surface area (Å²) in [7, 11) is 1.54. The zero-order valence-corrected chi connectivity index (χ0v) is 12.5. The van der Waals surface area contributed by atoms with Gasteiger partial charge < -0.3 is 15.2 Å². The van der Waals surface area contributed by atoms with Gasteiger partial charge in [0.1, 0.15) is 5.82 Å². The van der Waals surface area contributed by atoms with Crippen molar-refractivity contribution in [1.29, 1.82) is 0 Å². The van der Waals surface area contributed by atoms with Gasteiger partial charge in [0.25, 0.3) is 5.91 Å². The Kier molecular flexibility index (Phi) is 5.90. The monoisotopic (exact) mass is 333 g/mol. The summed E-state index contributed by atoms with van der Waals surface area (Å²) in [5, 5.41) is 12.5. The highest BCUT2D eigenvalue weighted by molar-refractivity contribution is 9.10. The Hall–Kier alpha value is -0.980. The predicted molar refractivity (Wildman–Crippen MR) is 73.6 cm³/mol. The molecule has 0 saturated carbocycles.